The molecule has 1 aromatic carbocycles. The van der Waals surface area contributed by atoms with Gasteiger partial charge in [-0.25, -0.2) is 0 Å². The van der Waals surface area contributed by atoms with Crippen molar-refractivity contribution >= 4 is 0 Å². The van der Waals surface area contributed by atoms with E-state index in [0.717, 1.165) is 6.42 Å². The molecular weight excluding hydrogens is 170 g/mol. The van der Waals surface area contributed by atoms with E-state index < -0.39 is 0 Å². The summed E-state index contributed by atoms with van der Waals surface area (Å²) in [5, 5.41) is 0. The van der Waals surface area contributed by atoms with Crippen LogP contribution >= 0.6 is 0 Å². The predicted molar refractivity (Wildman–Crippen MR) is 57.2 cm³/mol. The fraction of sp³-hybridized carbons (Fsp3) is 0.154. The minimum absolute atomic E-state index is 0.993. The number of aromatic nitrogens is 1. The molecule has 14 heavy (non-hydrogen) atoms. The molecule has 0 radical (unpaired) electrons. The number of aryl methyl sites for hydroxylation is 1. The average Bonchev–Trinajstić information content (AvgIpc) is 2.57. The second kappa shape index (κ2) is 2.68. The van der Waals surface area contributed by atoms with E-state index in [0.29, 0.717) is 0 Å². The topological polar surface area (TPSA) is 12.9 Å². The Morgan fingerprint density at radius 1 is 1.14 bits per heavy atom. The monoisotopic (exact) mass is 181 g/mol. The van der Waals surface area contributed by atoms with Crippen molar-refractivity contribution < 1.29 is 0 Å². The van der Waals surface area contributed by atoms with E-state index in [2.05, 4.69) is 36.2 Å². The first kappa shape index (κ1) is 7.74. The van der Waals surface area contributed by atoms with Crippen molar-refractivity contribution in [1.82, 2.24) is 4.98 Å². The molecule has 2 aromatic rings. The zero-order valence-corrected chi connectivity index (χ0v) is 8.12. The van der Waals surface area contributed by atoms with Crippen LogP contribution in [-0.4, -0.2) is 4.98 Å². The summed E-state index contributed by atoms with van der Waals surface area (Å²) in [5.74, 6) is 0. The number of pyridine rings is 1. The highest BCUT2D eigenvalue weighted by molar-refractivity contribution is 5.77. The third-order valence-corrected chi connectivity index (χ3v) is 2.88. The first-order valence-electron chi connectivity index (χ1n) is 4.89. The van der Waals surface area contributed by atoms with Crippen molar-refractivity contribution in [3.63, 3.8) is 0 Å². The summed E-state index contributed by atoms with van der Waals surface area (Å²) in [6.07, 6.45) is 2.87. The van der Waals surface area contributed by atoms with Crippen molar-refractivity contribution in [2.45, 2.75) is 13.3 Å². The third kappa shape index (κ3) is 0.925. The van der Waals surface area contributed by atoms with Gasteiger partial charge >= 0.3 is 0 Å². The van der Waals surface area contributed by atoms with Crippen LogP contribution in [-0.2, 0) is 6.42 Å². The van der Waals surface area contributed by atoms with E-state index in [1.54, 1.807) is 0 Å². The molecule has 1 aliphatic rings. The van der Waals surface area contributed by atoms with Gasteiger partial charge in [-0.05, 0) is 29.7 Å². The van der Waals surface area contributed by atoms with Crippen LogP contribution in [0.2, 0.25) is 0 Å². The lowest BCUT2D eigenvalue weighted by atomic mass is 10.0. The van der Waals surface area contributed by atoms with E-state index in [-0.39, 0.29) is 0 Å². The van der Waals surface area contributed by atoms with E-state index >= 15 is 0 Å². The quantitative estimate of drug-likeness (QED) is 0.519. The first-order valence-corrected chi connectivity index (χ1v) is 4.89. The summed E-state index contributed by atoms with van der Waals surface area (Å²) in [6, 6.07) is 10.7. The molecule has 0 amide bonds. The molecule has 1 heterocycles. The fourth-order valence-corrected chi connectivity index (χ4v) is 2.25. The molecule has 0 saturated carbocycles. The Bertz CT molecular complexity index is 500. The highest BCUT2D eigenvalue weighted by Gasteiger charge is 2.19. The molecule has 0 saturated heterocycles. The summed E-state index contributed by atoms with van der Waals surface area (Å²) in [6.45, 7) is 2.17. The van der Waals surface area contributed by atoms with Gasteiger partial charge in [-0.15, -0.1) is 0 Å². The Morgan fingerprint density at radius 2 is 2.07 bits per heavy atom. The standard InChI is InChI=1S/C13H11N/c1-9-4-2-5-10-8-12-11(13(9)10)6-3-7-14-12/h2-7H,8H2,1H3. The number of benzene rings is 1. The molecular formula is C13H11N. The zero-order chi connectivity index (χ0) is 9.54. The van der Waals surface area contributed by atoms with Crippen LogP contribution in [0.4, 0.5) is 0 Å². The zero-order valence-electron chi connectivity index (χ0n) is 8.12. The molecule has 3 rings (SSSR count). The Labute approximate surface area is 83.4 Å². The van der Waals surface area contributed by atoms with Gasteiger partial charge in [0.15, 0.2) is 0 Å². The third-order valence-electron chi connectivity index (χ3n) is 2.88. The maximum absolute atomic E-state index is 4.42. The largest absolute Gasteiger partial charge is 0.260 e. The van der Waals surface area contributed by atoms with Crippen molar-refractivity contribution in [1.29, 1.82) is 0 Å². The number of hydrogen-bond donors (Lipinski definition) is 0. The molecule has 0 unspecified atom stereocenters. The molecule has 0 spiro atoms. The lowest BCUT2D eigenvalue weighted by Crippen LogP contribution is -1.83. The molecule has 68 valence electrons. The smallest absolute Gasteiger partial charge is 0.0526 e. The molecule has 1 heteroatoms. The molecule has 1 nitrogen and oxygen atoms in total. The molecule has 0 bridgehead atoms. The number of hydrogen-bond acceptors (Lipinski definition) is 1. The Balaban J connectivity index is 2.35. The van der Waals surface area contributed by atoms with E-state index in [1.165, 1.54) is 27.9 Å². The molecule has 0 fully saturated rings. The molecule has 0 atom stereocenters. The fourth-order valence-electron chi connectivity index (χ4n) is 2.25. The molecule has 1 aromatic heterocycles. The number of rotatable bonds is 0. The highest BCUT2D eigenvalue weighted by atomic mass is 14.7. The second-order valence-electron chi connectivity index (χ2n) is 3.78. The van der Waals surface area contributed by atoms with Crippen molar-refractivity contribution in [2.24, 2.45) is 0 Å². The van der Waals surface area contributed by atoms with E-state index in [1.807, 2.05) is 12.3 Å². The van der Waals surface area contributed by atoms with Gasteiger partial charge in [0.25, 0.3) is 0 Å². The second-order valence-corrected chi connectivity index (χ2v) is 3.78. The predicted octanol–water partition coefficient (Wildman–Crippen LogP) is 2.96. The van der Waals surface area contributed by atoms with Gasteiger partial charge in [0, 0.05) is 18.2 Å². The van der Waals surface area contributed by atoms with Crippen LogP contribution in [0.15, 0.2) is 36.5 Å². The van der Waals surface area contributed by atoms with E-state index in [4.69, 9.17) is 0 Å². The minimum atomic E-state index is 0.993. The average molecular weight is 181 g/mol. The molecule has 0 N–H and O–H groups in total. The Hall–Kier alpha value is -1.63. The van der Waals surface area contributed by atoms with Gasteiger partial charge in [-0.2, -0.15) is 0 Å². The Morgan fingerprint density at radius 3 is 3.00 bits per heavy atom. The summed E-state index contributed by atoms with van der Waals surface area (Å²) in [4.78, 5) is 4.42. The van der Waals surface area contributed by atoms with Crippen LogP contribution in [0.1, 0.15) is 16.8 Å². The summed E-state index contributed by atoms with van der Waals surface area (Å²) < 4.78 is 0. The van der Waals surface area contributed by atoms with Gasteiger partial charge in [-0.3, -0.25) is 4.98 Å². The Kier molecular flexibility index (Phi) is 1.48. The van der Waals surface area contributed by atoms with Crippen molar-refractivity contribution in [3.8, 4) is 11.1 Å². The summed E-state index contributed by atoms with van der Waals surface area (Å²) >= 11 is 0. The molecule has 1 aliphatic carbocycles. The maximum Gasteiger partial charge on any atom is 0.0526 e. The van der Waals surface area contributed by atoms with Gasteiger partial charge in [-0.1, -0.05) is 24.3 Å². The maximum atomic E-state index is 4.42. The summed E-state index contributed by atoms with van der Waals surface area (Å²) in [5.41, 5.74) is 6.71. The lowest BCUT2D eigenvalue weighted by molar-refractivity contribution is 1.12. The van der Waals surface area contributed by atoms with Crippen molar-refractivity contribution in [2.75, 3.05) is 0 Å². The van der Waals surface area contributed by atoms with E-state index in [9.17, 15) is 0 Å². The number of nitrogens with zero attached hydrogens (tertiary/aromatic N) is 1. The van der Waals surface area contributed by atoms with Crippen molar-refractivity contribution in [3.05, 3.63) is 53.3 Å². The van der Waals surface area contributed by atoms with Crippen LogP contribution < -0.4 is 0 Å². The first-order chi connectivity index (χ1) is 6.86. The van der Waals surface area contributed by atoms with Crippen LogP contribution in [0, 0.1) is 6.92 Å². The van der Waals surface area contributed by atoms with Gasteiger partial charge in [0.05, 0.1) is 5.69 Å². The van der Waals surface area contributed by atoms with Crippen LogP contribution in [0.5, 0.6) is 0 Å². The minimum Gasteiger partial charge on any atom is -0.260 e. The normalized spacial score (nSPS) is 12.4. The van der Waals surface area contributed by atoms with Gasteiger partial charge < -0.3 is 0 Å². The van der Waals surface area contributed by atoms with Crippen LogP contribution in [0.25, 0.3) is 11.1 Å². The SMILES string of the molecule is Cc1cccc2c1-c1cccnc1C2. The number of fused-ring (bicyclic) bond motifs is 3. The highest BCUT2D eigenvalue weighted by Crippen LogP contribution is 2.36. The van der Waals surface area contributed by atoms with Gasteiger partial charge in [0.2, 0.25) is 0 Å². The van der Waals surface area contributed by atoms with Gasteiger partial charge in [0.1, 0.15) is 0 Å². The lowest BCUT2D eigenvalue weighted by Gasteiger charge is -2.03. The van der Waals surface area contributed by atoms with Crippen LogP contribution in [0.3, 0.4) is 0 Å². The molecule has 0 aliphatic heterocycles. The summed E-state index contributed by atoms with van der Waals surface area (Å²) in [7, 11) is 0.